The van der Waals surface area contributed by atoms with E-state index >= 15 is 0 Å². The summed E-state index contributed by atoms with van der Waals surface area (Å²) in [7, 11) is 2.84. The quantitative estimate of drug-likeness (QED) is 0.596. The van der Waals surface area contributed by atoms with E-state index in [-0.39, 0.29) is 17.6 Å². The number of alkyl carbamates (subject to hydrolysis) is 1. The number of allylic oxidation sites excluding steroid dienone is 2. The molecule has 4 N–H and O–H groups in total. The summed E-state index contributed by atoms with van der Waals surface area (Å²) in [6.45, 7) is 0. The highest BCUT2D eigenvalue weighted by molar-refractivity contribution is 5.95. The molecule has 0 bridgehead atoms. The molecule has 0 saturated heterocycles. The number of aromatic amines is 1. The van der Waals surface area contributed by atoms with Gasteiger partial charge in [0.1, 0.15) is 0 Å². The van der Waals surface area contributed by atoms with E-state index in [2.05, 4.69) is 31.5 Å². The molecule has 0 fully saturated rings. The highest BCUT2D eigenvalue weighted by atomic mass is 16.5. The molecule has 158 valence electrons. The largest absolute Gasteiger partial charge is 0.504 e. The fourth-order valence-electron chi connectivity index (χ4n) is 4.10. The molecule has 5 rings (SSSR count). The van der Waals surface area contributed by atoms with Gasteiger partial charge in [0.2, 0.25) is 5.96 Å². The van der Waals surface area contributed by atoms with Gasteiger partial charge in [-0.25, -0.2) is 9.79 Å². The van der Waals surface area contributed by atoms with Gasteiger partial charge < -0.3 is 19.6 Å². The number of phenolic OH excluding ortho intramolecular Hbond substituents is 1. The van der Waals surface area contributed by atoms with Crippen LogP contribution in [0.3, 0.4) is 0 Å². The number of aromatic hydroxyl groups is 1. The van der Waals surface area contributed by atoms with Crippen molar-refractivity contribution >= 4 is 23.8 Å². The minimum atomic E-state index is -0.601. The Hall–Kier alpha value is -4.14. The zero-order valence-electron chi connectivity index (χ0n) is 17.0. The highest BCUT2D eigenvalue weighted by Gasteiger charge is 2.33. The Labute approximate surface area is 178 Å². The average Bonchev–Trinajstić information content (AvgIpc) is 3.15. The lowest BCUT2D eigenvalue weighted by molar-refractivity contribution is 0.176. The minimum Gasteiger partial charge on any atom is -0.504 e. The zero-order chi connectivity index (χ0) is 21.5. The van der Waals surface area contributed by atoms with Crippen molar-refractivity contribution < 1.29 is 19.4 Å². The van der Waals surface area contributed by atoms with Crippen LogP contribution in [-0.4, -0.2) is 41.4 Å². The van der Waals surface area contributed by atoms with Gasteiger partial charge in [-0.3, -0.25) is 15.8 Å². The Morgan fingerprint density at radius 1 is 1.32 bits per heavy atom. The lowest BCUT2D eigenvalue weighted by Gasteiger charge is -2.34. The van der Waals surface area contributed by atoms with Gasteiger partial charge in [-0.05, 0) is 30.2 Å². The Kier molecular flexibility index (Phi) is 4.43. The van der Waals surface area contributed by atoms with E-state index < -0.39 is 6.09 Å². The number of amides is 1. The van der Waals surface area contributed by atoms with Crippen LogP contribution < -0.4 is 15.5 Å². The summed E-state index contributed by atoms with van der Waals surface area (Å²) < 4.78 is 9.96. The molecule has 9 nitrogen and oxygen atoms in total. The number of aromatic nitrogens is 1. The first-order valence-corrected chi connectivity index (χ1v) is 9.75. The van der Waals surface area contributed by atoms with Crippen LogP contribution in [0.1, 0.15) is 34.7 Å². The smallest absolute Gasteiger partial charge is 0.413 e. The normalized spacial score (nSPS) is 18.5. The van der Waals surface area contributed by atoms with Crippen molar-refractivity contribution in [2.45, 2.75) is 12.3 Å². The van der Waals surface area contributed by atoms with Crippen molar-refractivity contribution in [2.24, 2.45) is 4.99 Å². The van der Waals surface area contributed by atoms with E-state index in [0.29, 0.717) is 5.75 Å². The lowest BCUT2D eigenvalue weighted by Crippen LogP contribution is -2.50. The third-order valence-corrected chi connectivity index (χ3v) is 5.58. The molecule has 1 unspecified atom stereocenters. The molecule has 1 aromatic carbocycles. The van der Waals surface area contributed by atoms with E-state index in [1.54, 1.807) is 19.4 Å². The molecule has 0 spiro atoms. The van der Waals surface area contributed by atoms with Crippen LogP contribution >= 0.6 is 0 Å². The molecule has 31 heavy (non-hydrogen) atoms. The topological polar surface area (TPSA) is 111 Å². The summed E-state index contributed by atoms with van der Waals surface area (Å²) >= 11 is 0. The van der Waals surface area contributed by atoms with Crippen LogP contribution in [-0.2, 0) is 4.74 Å². The van der Waals surface area contributed by atoms with Crippen LogP contribution in [0.15, 0.2) is 53.4 Å². The number of guanidine groups is 1. The van der Waals surface area contributed by atoms with Gasteiger partial charge in [-0.2, -0.15) is 0 Å². The molecular formula is C22H21N5O4. The fourth-order valence-corrected chi connectivity index (χ4v) is 4.10. The van der Waals surface area contributed by atoms with Gasteiger partial charge in [-0.1, -0.05) is 18.2 Å². The van der Waals surface area contributed by atoms with Crippen LogP contribution in [0.5, 0.6) is 11.5 Å². The Morgan fingerprint density at radius 2 is 2.19 bits per heavy atom. The summed E-state index contributed by atoms with van der Waals surface area (Å²) in [4.78, 5) is 19.3. The SMILES string of the molecule is COC(=O)NC1=NC=C2C=Cc3c[nH]c4c3C(=CCC4c3ccc(O)c(OC)c3)N2N1. The summed E-state index contributed by atoms with van der Waals surface area (Å²) in [5, 5.41) is 14.4. The van der Waals surface area contributed by atoms with Gasteiger partial charge in [0.25, 0.3) is 0 Å². The molecule has 3 aliphatic rings. The second kappa shape index (κ2) is 7.28. The predicted octanol–water partition coefficient (Wildman–Crippen LogP) is 3.01. The van der Waals surface area contributed by atoms with E-state index in [1.165, 1.54) is 7.11 Å². The molecule has 0 saturated carbocycles. The number of hydrazine groups is 1. The predicted molar refractivity (Wildman–Crippen MR) is 115 cm³/mol. The van der Waals surface area contributed by atoms with Crippen molar-refractivity contribution in [3.63, 3.8) is 0 Å². The monoisotopic (exact) mass is 419 g/mol. The molecule has 2 aliphatic heterocycles. The molecule has 1 atom stereocenters. The number of H-pyrrole nitrogens is 1. The number of hydrogen-bond donors (Lipinski definition) is 4. The van der Waals surface area contributed by atoms with Gasteiger partial charge >= 0.3 is 6.09 Å². The molecule has 2 aromatic rings. The number of methoxy groups -OCH3 is 2. The number of fused-ring (bicyclic) bond motifs is 2. The van der Waals surface area contributed by atoms with Crippen LogP contribution in [0.4, 0.5) is 4.79 Å². The van der Waals surface area contributed by atoms with E-state index in [0.717, 1.165) is 40.2 Å². The van der Waals surface area contributed by atoms with Crippen molar-refractivity contribution in [1.29, 1.82) is 0 Å². The molecular weight excluding hydrogens is 398 g/mol. The zero-order valence-corrected chi connectivity index (χ0v) is 17.0. The van der Waals surface area contributed by atoms with Gasteiger partial charge in [-0.15, -0.1) is 0 Å². The summed E-state index contributed by atoms with van der Waals surface area (Å²) in [6.07, 6.45) is 9.95. The second-order valence-electron chi connectivity index (χ2n) is 7.27. The van der Waals surface area contributed by atoms with Crippen molar-refractivity contribution in [3.8, 4) is 11.5 Å². The summed E-state index contributed by atoms with van der Waals surface area (Å²) in [6, 6.07) is 5.44. The number of rotatable bonds is 2. The first-order valence-electron chi connectivity index (χ1n) is 9.75. The molecule has 1 amide bonds. The first kappa shape index (κ1) is 18.9. The van der Waals surface area contributed by atoms with Crippen LogP contribution in [0, 0.1) is 0 Å². The fraction of sp³-hybridized carbons (Fsp3) is 0.182. The number of carbonyl (C=O) groups is 1. The molecule has 3 heterocycles. The molecule has 1 aromatic heterocycles. The number of carbonyl (C=O) groups excluding carboxylic acids is 1. The standard InChI is InChI=1S/C22H21N5O4/c1-30-18-9-12(4-8-17(18)28)15-6-7-16-19-13(10-23-20(15)19)3-5-14-11-24-21(26-27(14)16)25-22(29)31-2/h3-5,7-11,15,23,28H,6H2,1-2H3,(H2,24,25,26,29). The minimum absolute atomic E-state index is 0.0760. The van der Waals surface area contributed by atoms with Crippen LogP contribution in [0.25, 0.3) is 11.8 Å². The number of nitrogens with one attached hydrogen (secondary N) is 3. The third kappa shape index (κ3) is 3.10. The van der Waals surface area contributed by atoms with E-state index in [4.69, 9.17) is 4.74 Å². The van der Waals surface area contributed by atoms with E-state index in [9.17, 15) is 9.90 Å². The third-order valence-electron chi connectivity index (χ3n) is 5.58. The highest BCUT2D eigenvalue weighted by Crippen LogP contribution is 2.44. The van der Waals surface area contributed by atoms with Gasteiger partial charge in [0.15, 0.2) is 11.5 Å². The second-order valence-corrected chi connectivity index (χ2v) is 7.27. The number of phenols is 1. The lowest BCUT2D eigenvalue weighted by atomic mass is 9.84. The van der Waals surface area contributed by atoms with Crippen LogP contribution in [0.2, 0.25) is 0 Å². The number of aliphatic imine (C=N–C) groups is 1. The maximum Gasteiger partial charge on any atom is 0.413 e. The number of nitrogens with zero attached hydrogens (tertiary/aromatic N) is 2. The maximum atomic E-state index is 11.6. The summed E-state index contributed by atoms with van der Waals surface area (Å²) in [5.41, 5.74) is 9.18. The molecule has 0 radical (unpaired) electrons. The average molecular weight is 419 g/mol. The molecule has 9 heteroatoms. The van der Waals surface area contributed by atoms with E-state index in [1.807, 2.05) is 35.5 Å². The van der Waals surface area contributed by atoms with Crippen molar-refractivity contribution in [1.82, 2.24) is 20.7 Å². The number of ether oxygens (including phenoxy) is 2. The van der Waals surface area contributed by atoms with Crippen molar-refractivity contribution in [3.05, 3.63) is 70.8 Å². The van der Waals surface area contributed by atoms with Crippen molar-refractivity contribution in [2.75, 3.05) is 14.2 Å². The Morgan fingerprint density at radius 3 is 3.00 bits per heavy atom. The number of hydrogen-bond acceptors (Lipinski definition) is 7. The Bertz CT molecular complexity index is 1190. The van der Waals surface area contributed by atoms with Gasteiger partial charge in [0, 0.05) is 28.9 Å². The number of benzene rings is 1. The molecule has 1 aliphatic carbocycles. The Balaban J connectivity index is 1.52. The van der Waals surface area contributed by atoms with Gasteiger partial charge in [0.05, 0.1) is 31.8 Å². The maximum absolute atomic E-state index is 11.6. The first-order chi connectivity index (χ1) is 15.1. The summed E-state index contributed by atoms with van der Waals surface area (Å²) in [5.74, 6) is 0.911.